The zero-order valence-electron chi connectivity index (χ0n) is 9.05. The summed E-state index contributed by atoms with van der Waals surface area (Å²) in [4.78, 5) is 0. The van der Waals surface area contributed by atoms with Crippen LogP contribution in [0, 0.1) is 10.6 Å². The molecule has 1 aromatic carbocycles. The molecule has 0 aliphatic heterocycles. The van der Waals surface area contributed by atoms with Crippen LogP contribution in [0.25, 0.3) is 10.9 Å². The molecule has 17 heavy (non-hydrogen) atoms. The smallest absolute Gasteiger partial charge is 0.263 e. The van der Waals surface area contributed by atoms with Gasteiger partial charge in [-0.15, -0.1) is 0 Å². The van der Waals surface area contributed by atoms with Gasteiger partial charge in [-0.3, -0.25) is 4.68 Å². The minimum Gasteiger partial charge on any atom is -0.263 e. The number of aromatic nitrogens is 2. The second kappa shape index (κ2) is 4.47. The predicted octanol–water partition coefficient (Wildman–Crippen LogP) is 3.90. The van der Waals surface area contributed by atoms with E-state index in [0.717, 1.165) is 20.2 Å². The number of hydrogen-bond acceptors (Lipinski definition) is 1. The molecule has 0 atom stereocenters. The van der Waals surface area contributed by atoms with E-state index in [1.807, 2.05) is 47.7 Å². The third kappa shape index (κ3) is 2.91. The van der Waals surface area contributed by atoms with Crippen molar-refractivity contribution in [2.24, 2.45) is 0 Å². The second-order valence-electron chi connectivity index (χ2n) is 3.90. The third-order valence-corrected chi connectivity index (χ3v) is 3.26. The zero-order chi connectivity index (χ0) is 12.6. The molecule has 6 heteroatoms. The molecule has 2 aromatic rings. The molecule has 0 aliphatic rings. The monoisotopic (exact) mass is 354 g/mol. The molecule has 0 spiro atoms. The summed E-state index contributed by atoms with van der Waals surface area (Å²) in [6.07, 6.45) is -5.00. The quantitative estimate of drug-likeness (QED) is 0.748. The van der Waals surface area contributed by atoms with Gasteiger partial charge in [-0.1, -0.05) is 11.6 Å². The number of hydrogen-bond donors (Lipinski definition) is 0. The van der Waals surface area contributed by atoms with Gasteiger partial charge in [0.25, 0.3) is 0 Å². The van der Waals surface area contributed by atoms with Crippen molar-refractivity contribution in [1.29, 1.82) is 0 Å². The van der Waals surface area contributed by atoms with Crippen LogP contribution in [0.5, 0.6) is 0 Å². The average molecular weight is 354 g/mol. The summed E-state index contributed by atoms with van der Waals surface area (Å²) in [6, 6.07) is 5.63. The fourth-order valence-electron chi connectivity index (χ4n) is 1.66. The number of halogens is 4. The van der Waals surface area contributed by atoms with Crippen LogP contribution in [0.2, 0.25) is 0 Å². The molecule has 92 valence electrons. The highest BCUT2D eigenvalue weighted by atomic mass is 127. The Morgan fingerprint density at radius 1 is 1.35 bits per heavy atom. The van der Waals surface area contributed by atoms with Crippen LogP contribution in [0.3, 0.4) is 0 Å². The molecular weight excluding hydrogens is 344 g/mol. The van der Waals surface area contributed by atoms with E-state index in [9.17, 15) is 13.2 Å². The fourth-order valence-corrected chi connectivity index (χ4v) is 2.35. The highest BCUT2D eigenvalue weighted by Gasteiger charge is 2.27. The van der Waals surface area contributed by atoms with Crippen LogP contribution in [-0.4, -0.2) is 16.0 Å². The molecular formula is C11H10F3IN2. The summed E-state index contributed by atoms with van der Waals surface area (Å²) < 4.78 is 38.7. The van der Waals surface area contributed by atoms with Gasteiger partial charge in [0, 0.05) is 5.39 Å². The molecule has 0 N–H and O–H groups in total. The van der Waals surface area contributed by atoms with E-state index in [1.54, 1.807) is 0 Å². The third-order valence-electron chi connectivity index (χ3n) is 2.47. The number of fused-ring (bicyclic) bond motifs is 1. The van der Waals surface area contributed by atoms with Gasteiger partial charge in [0.2, 0.25) is 0 Å². The van der Waals surface area contributed by atoms with Crippen LogP contribution in [0.15, 0.2) is 18.2 Å². The molecule has 0 radical (unpaired) electrons. The summed E-state index contributed by atoms with van der Waals surface area (Å²) in [5, 5.41) is 5.05. The van der Waals surface area contributed by atoms with Gasteiger partial charge < -0.3 is 0 Å². The minimum absolute atomic E-state index is 0.133. The number of alkyl halides is 3. The number of rotatable bonds is 2. The normalized spacial score (nSPS) is 12.3. The SMILES string of the molecule is Cc1ccc2c(c1)c(I)nn2CCC(F)(F)F. The Morgan fingerprint density at radius 2 is 2.06 bits per heavy atom. The molecule has 1 heterocycles. The van der Waals surface area contributed by atoms with Crippen molar-refractivity contribution in [2.75, 3.05) is 0 Å². The summed E-state index contributed by atoms with van der Waals surface area (Å²) in [5.41, 5.74) is 1.83. The Balaban J connectivity index is 2.36. The van der Waals surface area contributed by atoms with Crippen molar-refractivity contribution in [3.05, 3.63) is 27.5 Å². The van der Waals surface area contributed by atoms with Crippen molar-refractivity contribution in [2.45, 2.75) is 26.1 Å². The van der Waals surface area contributed by atoms with Crippen molar-refractivity contribution >= 4 is 33.5 Å². The van der Waals surface area contributed by atoms with E-state index in [0.29, 0.717) is 0 Å². The van der Waals surface area contributed by atoms with E-state index < -0.39 is 12.6 Å². The average Bonchev–Trinajstić information content (AvgIpc) is 2.52. The Bertz CT molecular complexity index is 545. The largest absolute Gasteiger partial charge is 0.390 e. The van der Waals surface area contributed by atoms with Crippen LogP contribution < -0.4 is 0 Å². The van der Waals surface area contributed by atoms with E-state index >= 15 is 0 Å². The lowest BCUT2D eigenvalue weighted by Gasteiger charge is -2.07. The predicted molar refractivity (Wildman–Crippen MR) is 67.9 cm³/mol. The zero-order valence-corrected chi connectivity index (χ0v) is 11.2. The van der Waals surface area contributed by atoms with Gasteiger partial charge in [-0.2, -0.15) is 18.3 Å². The highest BCUT2D eigenvalue weighted by Crippen LogP contribution is 2.25. The summed E-state index contributed by atoms with van der Waals surface area (Å²) >= 11 is 2.04. The van der Waals surface area contributed by atoms with E-state index in [-0.39, 0.29) is 6.54 Å². The lowest BCUT2D eigenvalue weighted by molar-refractivity contribution is -0.137. The van der Waals surface area contributed by atoms with Crippen LogP contribution in [-0.2, 0) is 6.54 Å². The Labute approximate surface area is 110 Å². The highest BCUT2D eigenvalue weighted by molar-refractivity contribution is 14.1. The maximum absolute atomic E-state index is 12.2. The maximum atomic E-state index is 12.2. The molecule has 0 unspecified atom stereocenters. The van der Waals surface area contributed by atoms with E-state index in [4.69, 9.17) is 0 Å². The first-order chi connectivity index (χ1) is 7.87. The number of benzene rings is 1. The first-order valence-electron chi connectivity index (χ1n) is 5.06. The molecule has 0 aliphatic carbocycles. The molecule has 2 rings (SSSR count). The fraction of sp³-hybridized carbons (Fsp3) is 0.364. The number of nitrogens with zero attached hydrogens (tertiary/aromatic N) is 2. The van der Waals surface area contributed by atoms with Crippen molar-refractivity contribution in [1.82, 2.24) is 9.78 Å². The molecule has 0 bridgehead atoms. The summed E-state index contributed by atoms with van der Waals surface area (Å²) in [7, 11) is 0. The molecule has 0 amide bonds. The maximum Gasteiger partial charge on any atom is 0.390 e. The van der Waals surface area contributed by atoms with Gasteiger partial charge >= 0.3 is 6.18 Å². The van der Waals surface area contributed by atoms with Crippen molar-refractivity contribution < 1.29 is 13.2 Å². The van der Waals surface area contributed by atoms with E-state index in [1.165, 1.54) is 4.68 Å². The summed E-state index contributed by atoms with van der Waals surface area (Å²) in [5.74, 6) is 0. The molecule has 0 saturated carbocycles. The lowest BCUT2D eigenvalue weighted by atomic mass is 10.2. The van der Waals surface area contributed by atoms with E-state index in [2.05, 4.69) is 5.10 Å². The van der Waals surface area contributed by atoms with Crippen LogP contribution >= 0.6 is 22.6 Å². The van der Waals surface area contributed by atoms with Gasteiger partial charge in [0.15, 0.2) is 0 Å². The number of aryl methyl sites for hydroxylation is 2. The lowest BCUT2D eigenvalue weighted by Crippen LogP contribution is -2.13. The van der Waals surface area contributed by atoms with Crippen molar-refractivity contribution in [3.8, 4) is 0 Å². The van der Waals surface area contributed by atoms with Gasteiger partial charge in [-0.05, 0) is 41.6 Å². The first-order valence-corrected chi connectivity index (χ1v) is 6.14. The Morgan fingerprint density at radius 3 is 2.71 bits per heavy atom. The second-order valence-corrected chi connectivity index (χ2v) is 4.92. The Hall–Kier alpha value is -0.790. The topological polar surface area (TPSA) is 17.8 Å². The standard InChI is InChI=1S/C11H10F3IN2/c1-7-2-3-9-8(6-7)10(15)16-17(9)5-4-11(12,13)14/h2-3,6H,4-5H2,1H3. The van der Waals surface area contributed by atoms with Gasteiger partial charge in [0.1, 0.15) is 3.70 Å². The molecule has 0 fully saturated rings. The van der Waals surface area contributed by atoms with Crippen LogP contribution in [0.1, 0.15) is 12.0 Å². The minimum atomic E-state index is -4.14. The first kappa shape index (κ1) is 12.7. The van der Waals surface area contributed by atoms with Crippen molar-refractivity contribution in [3.63, 3.8) is 0 Å². The molecule has 2 nitrogen and oxygen atoms in total. The Kier molecular flexibility index (Phi) is 3.33. The van der Waals surface area contributed by atoms with Gasteiger partial charge in [-0.25, -0.2) is 0 Å². The van der Waals surface area contributed by atoms with Gasteiger partial charge in [0.05, 0.1) is 18.5 Å². The van der Waals surface area contributed by atoms with Crippen LogP contribution in [0.4, 0.5) is 13.2 Å². The summed E-state index contributed by atoms with van der Waals surface area (Å²) in [6.45, 7) is 1.81. The molecule has 1 aromatic heterocycles. The molecule has 0 saturated heterocycles.